The van der Waals surface area contributed by atoms with Crippen LogP contribution in [-0.4, -0.2) is 14.6 Å². The fraction of sp³-hybridized carbons (Fsp3) is 0.105. The van der Waals surface area contributed by atoms with Gasteiger partial charge in [0.15, 0.2) is 0 Å². The van der Waals surface area contributed by atoms with Gasteiger partial charge in [0.05, 0.1) is 17.9 Å². The quantitative estimate of drug-likeness (QED) is 0.243. The fourth-order valence-electron chi connectivity index (χ4n) is 2.63. The van der Waals surface area contributed by atoms with Crippen molar-refractivity contribution < 1.29 is 9.92 Å². The van der Waals surface area contributed by atoms with Gasteiger partial charge in [-0.1, -0.05) is 53.0 Å². The molecule has 8 heteroatoms. The van der Waals surface area contributed by atoms with Crippen molar-refractivity contribution in [2.45, 2.75) is 13.5 Å². The zero-order chi connectivity index (χ0) is 19.4. The highest BCUT2D eigenvalue weighted by Crippen LogP contribution is 2.34. The van der Waals surface area contributed by atoms with Crippen LogP contribution >= 0.6 is 23.2 Å². The van der Waals surface area contributed by atoms with Gasteiger partial charge in [-0.15, -0.1) is 10.1 Å². The number of halogens is 2. The summed E-state index contributed by atoms with van der Waals surface area (Å²) in [5.41, 5.74) is 2.82. The van der Waals surface area contributed by atoms with E-state index in [0.717, 1.165) is 11.1 Å². The maximum absolute atomic E-state index is 11.2. The number of aryl methyl sites for hydroxylation is 1. The molecule has 3 aromatic rings. The largest absolute Gasteiger partial charge is 0.333 e. The van der Waals surface area contributed by atoms with Crippen LogP contribution in [0.25, 0.3) is 11.3 Å². The first-order valence-corrected chi connectivity index (χ1v) is 8.73. The first-order valence-electron chi connectivity index (χ1n) is 7.98. The third kappa shape index (κ3) is 4.67. The lowest BCUT2D eigenvalue weighted by molar-refractivity contribution is -0.730. The van der Waals surface area contributed by atoms with Gasteiger partial charge in [-0.3, -0.25) is 4.84 Å². The summed E-state index contributed by atoms with van der Waals surface area (Å²) in [6.45, 7) is 2.28. The molecule has 0 amide bonds. The predicted molar refractivity (Wildman–Crippen MR) is 105 cm³/mol. The molecule has 0 spiro atoms. The minimum atomic E-state index is -0.845. The molecule has 0 bridgehead atoms. The number of hydrogen-bond donors (Lipinski definition) is 0. The Morgan fingerprint density at radius 3 is 2.56 bits per heavy atom. The predicted octanol–water partition coefficient (Wildman–Crippen LogP) is 5.28. The van der Waals surface area contributed by atoms with Gasteiger partial charge in [-0.05, 0) is 30.7 Å². The van der Waals surface area contributed by atoms with E-state index in [9.17, 15) is 10.1 Å². The van der Waals surface area contributed by atoms with E-state index >= 15 is 0 Å². The molecule has 0 aliphatic rings. The van der Waals surface area contributed by atoms with Gasteiger partial charge in [0.1, 0.15) is 5.76 Å². The Morgan fingerprint density at radius 2 is 1.96 bits per heavy atom. The number of hydrogen-bond acceptors (Lipinski definition) is 4. The molecule has 0 atom stereocenters. The lowest BCUT2D eigenvalue weighted by Gasteiger charge is -2.16. The maximum atomic E-state index is 11.2. The van der Waals surface area contributed by atoms with Crippen LogP contribution in [0.3, 0.4) is 0 Å². The van der Waals surface area contributed by atoms with Crippen molar-refractivity contribution >= 4 is 34.5 Å². The van der Waals surface area contributed by atoms with E-state index in [1.54, 1.807) is 35.4 Å². The Labute approximate surface area is 165 Å². The second kappa shape index (κ2) is 8.24. The van der Waals surface area contributed by atoms with Crippen LogP contribution in [-0.2, 0) is 11.4 Å². The molecule has 0 N–H and O–H groups in total. The summed E-state index contributed by atoms with van der Waals surface area (Å²) in [4.78, 5) is 20.2. The Bertz CT molecular complexity index is 984. The molecule has 3 rings (SSSR count). The summed E-state index contributed by atoms with van der Waals surface area (Å²) < 4.78 is 1.79. The molecular weight excluding hydrogens is 389 g/mol. The normalized spacial score (nSPS) is 11.8. The smallest absolute Gasteiger partial charge is 0.299 e. The average molecular weight is 404 g/mol. The van der Waals surface area contributed by atoms with Crippen LogP contribution in [0.5, 0.6) is 0 Å². The number of aromatic nitrogens is 2. The van der Waals surface area contributed by atoms with E-state index < -0.39 is 5.09 Å². The minimum absolute atomic E-state index is 0.0548. The summed E-state index contributed by atoms with van der Waals surface area (Å²) in [7, 11) is 0. The minimum Gasteiger partial charge on any atom is -0.333 e. The van der Waals surface area contributed by atoms with Crippen molar-refractivity contribution in [3.8, 4) is 0 Å². The Kier molecular flexibility index (Phi) is 5.78. The van der Waals surface area contributed by atoms with Crippen LogP contribution in [0.2, 0.25) is 10.0 Å². The SMILES string of the molecule is Cc1ccc(C(Cn2ccnc2)=C(O[N+](=O)[O-])c2ccc(Cl)cc2Cl)cc1. The second-order valence-electron chi connectivity index (χ2n) is 5.85. The van der Waals surface area contributed by atoms with Gasteiger partial charge in [0.2, 0.25) is 0 Å². The molecular formula is C19H15Cl2N3O3. The molecule has 0 aliphatic heterocycles. The van der Waals surface area contributed by atoms with Crippen molar-refractivity contribution in [1.29, 1.82) is 0 Å². The lowest BCUT2D eigenvalue weighted by Crippen LogP contribution is -2.08. The Hall–Kier alpha value is -2.83. The molecule has 6 nitrogen and oxygen atoms in total. The van der Waals surface area contributed by atoms with Crippen molar-refractivity contribution in [3.63, 3.8) is 0 Å². The highest BCUT2D eigenvalue weighted by molar-refractivity contribution is 6.35. The third-order valence-electron chi connectivity index (χ3n) is 3.92. The zero-order valence-corrected chi connectivity index (χ0v) is 15.8. The topological polar surface area (TPSA) is 70.2 Å². The molecule has 27 heavy (non-hydrogen) atoms. The molecule has 138 valence electrons. The Morgan fingerprint density at radius 1 is 1.22 bits per heavy atom. The summed E-state index contributed by atoms with van der Waals surface area (Å²) >= 11 is 12.3. The summed E-state index contributed by atoms with van der Waals surface area (Å²) in [5.74, 6) is 0.0548. The highest BCUT2D eigenvalue weighted by Gasteiger charge is 2.19. The van der Waals surface area contributed by atoms with Crippen molar-refractivity contribution in [1.82, 2.24) is 9.55 Å². The first kappa shape index (κ1) is 18.9. The van der Waals surface area contributed by atoms with E-state index in [1.165, 1.54) is 6.07 Å². The van der Waals surface area contributed by atoms with Gasteiger partial charge >= 0.3 is 0 Å². The molecule has 1 aromatic heterocycles. The molecule has 0 fully saturated rings. The van der Waals surface area contributed by atoms with Gasteiger partial charge in [0.25, 0.3) is 5.09 Å². The van der Waals surface area contributed by atoms with Crippen LogP contribution in [0, 0.1) is 17.0 Å². The van der Waals surface area contributed by atoms with Gasteiger partial charge in [-0.25, -0.2) is 4.98 Å². The van der Waals surface area contributed by atoms with Gasteiger partial charge < -0.3 is 4.57 Å². The van der Waals surface area contributed by atoms with E-state index in [0.29, 0.717) is 22.7 Å². The highest BCUT2D eigenvalue weighted by atomic mass is 35.5. The van der Waals surface area contributed by atoms with Crippen LogP contribution < -0.4 is 0 Å². The van der Waals surface area contributed by atoms with Crippen molar-refractivity contribution in [2.75, 3.05) is 0 Å². The first-order chi connectivity index (χ1) is 12.9. The average Bonchev–Trinajstić information content (AvgIpc) is 3.12. The van der Waals surface area contributed by atoms with Gasteiger partial charge in [-0.2, -0.15) is 0 Å². The fourth-order valence-corrected chi connectivity index (χ4v) is 3.12. The van der Waals surface area contributed by atoms with E-state index in [-0.39, 0.29) is 10.8 Å². The second-order valence-corrected chi connectivity index (χ2v) is 6.69. The van der Waals surface area contributed by atoms with Crippen molar-refractivity contribution in [3.05, 3.63) is 98.0 Å². The maximum Gasteiger partial charge on any atom is 0.299 e. The van der Waals surface area contributed by atoms with Crippen LogP contribution in [0.4, 0.5) is 0 Å². The van der Waals surface area contributed by atoms with E-state index in [4.69, 9.17) is 28.0 Å². The van der Waals surface area contributed by atoms with E-state index in [2.05, 4.69) is 4.98 Å². The zero-order valence-electron chi connectivity index (χ0n) is 14.3. The van der Waals surface area contributed by atoms with Gasteiger partial charge in [0, 0.05) is 28.6 Å². The molecule has 0 radical (unpaired) electrons. The summed E-state index contributed by atoms with van der Waals surface area (Å²) in [6, 6.07) is 12.4. The molecule has 2 aromatic carbocycles. The van der Waals surface area contributed by atoms with Crippen molar-refractivity contribution in [2.24, 2.45) is 0 Å². The molecule has 1 heterocycles. The molecule has 0 aliphatic carbocycles. The summed E-state index contributed by atoms with van der Waals surface area (Å²) in [5, 5.41) is 11.1. The standard InChI is InChI=1S/C19H15Cl2N3O3/c1-13-2-4-14(5-3-13)17(11-23-9-8-22-12-23)19(27-24(25)26)16-7-6-15(20)10-18(16)21/h2-10,12H,11H2,1H3. The van der Waals surface area contributed by atoms with E-state index in [1.807, 2.05) is 31.2 Å². The number of imidazole rings is 1. The number of allylic oxidation sites excluding steroid dienone is 1. The number of nitrogens with zero attached hydrogens (tertiary/aromatic N) is 3. The van der Waals surface area contributed by atoms with Crippen LogP contribution in [0.15, 0.2) is 61.2 Å². The lowest BCUT2D eigenvalue weighted by atomic mass is 9.99. The molecule has 0 unspecified atom stereocenters. The van der Waals surface area contributed by atoms with Crippen LogP contribution in [0.1, 0.15) is 16.7 Å². The summed E-state index contributed by atoms with van der Waals surface area (Å²) in [6.07, 6.45) is 5.03. The number of rotatable bonds is 6. The Balaban J connectivity index is 2.23. The molecule has 0 saturated carbocycles. The molecule has 0 saturated heterocycles. The monoisotopic (exact) mass is 403 g/mol. The third-order valence-corrected chi connectivity index (χ3v) is 4.46. The number of benzene rings is 2.